The van der Waals surface area contributed by atoms with Gasteiger partial charge in [0, 0.05) is 31.2 Å². The van der Waals surface area contributed by atoms with Crippen molar-refractivity contribution in [2.24, 2.45) is 7.05 Å². The lowest BCUT2D eigenvalue weighted by Gasteiger charge is -2.18. The van der Waals surface area contributed by atoms with E-state index in [1.54, 1.807) is 21.7 Å². The average Bonchev–Trinajstić information content (AvgIpc) is 3.16. The third kappa shape index (κ3) is 3.82. The number of hydrogen-bond donors (Lipinski definition) is 1. The first-order chi connectivity index (χ1) is 11.5. The van der Waals surface area contributed by atoms with Crippen LogP contribution >= 0.6 is 11.6 Å². The van der Waals surface area contributed by atoms with Gasteiger partial charge < -0.3 is 15.0 Å². The van der Waals surface area contributed by atoms with E-state index in [1.807, 2.05) is 32.3 Å². The maximum Gasteiger partial charge on any atom is 0.322 e. The van der Waals surface area contributed by atoms with Crippen LogP contribution in [0, 0.1) is 0 Å². The van der Waals surface area contributed by atoms with Crippen molar-refractivity contribution in [1.29, 1.82) is 0 Å². The van der Waals surface area contributed by atoms with Gasteiger partial charge in [0.05, 0.1) is 17.9 Å². The third-order valence-corrected chi connectivity index (χ3v) is 4.28. The molecule has 24 heavy (non-hydrogen) atoms. The highest BCUT2D eigenvalue weighted by atomic mass is 35.5. The van der Waals surface area contributed by atoms with Crippen molar-refractivity contribution in [3.05, 3.63) is 41.2 Å². The van der Waals surface area contributed by atoms with Crippen LogP contribution in [-0.2, 0) is 13.5 Å². The van der Waals surface area contributed by atoms with Gasteiger partial charge in [0.2, 0.25) is 0 Å². The normalized spacial score (nSPS) is 17.1. The van der Waals surface area contributed by atoms with Crippen molar-refractivity contribution in [1.82, 2.24) is 14.7 Å². The molecule has 1 aliphatic rings. The van der Waals surface area contributed by atoms with Gasteiger partial charge in [0.15, 0.2) is 0 Å². The number of likely N-dealkylation sites (tertiary alicyclic amines) is 1. The number of nitrogens with one attached hydrogen (secondary N) is 1. The molecule has 3 rings (SSSR count). The Balaban J connectivity index is 1.56. The molecule has 1 fully saturated rings. The van der Waals surface area contributed by atoms with E-state index in [0.717, 1.165) is 30.0 Å². The molecule has 1 N–H and O–H groups in total. The summed E-state index contributed by atoms with van der Waals surface area (Å²) in [6, 6.07) is 7.17. The van der Waals surface area contributed by atoms with Gasteiger partial charge >= 0.3 is 6.03 Å². The Kier molecular flexibility index (Phi) is 4.94. The molecule has 0 radical (unpaired) electrons. The summed E-state index contributed by atoms with van der Waals surface area (Å²) in [6.07, 6.45) is 3.41. The minimum Gasteiger partial charge on any atom is -0.489 e. The van der Waals surface area contributed by atoms with E-state index in [0.29, 0.717) is 18.1 Å². The Morgan fingerprint density at radius 3 is 2.88 bits per heavy atom. The number of urea groups is 1. The Bertz CT molecular complexity index is 714. The lowest BCUT2D eigenvalue weighted by Crippen LogP contribution is -2.34. The molecular weight excluding hydrogens is 328 g/mol. The summed E-state index contributed by atoms with van der Waals surface area (Å²) in [4.78, 5) is 14.2. The van der Waals surface area contributed by atoms with Crippen LogP contribution in [0.1, 0.15) is 19.0 Å². The molecule has 0 bridgehead atoms. The van der Waals surface area contributed by atoms with Crippen molar-refractivity contribution >= 4 is 23.3 Å². The van der Waals surface area contributed by atoms with Gasteiger partial charge in [-0.15, -0.1) is 0 Å². The number of benzene rings is 1. The first-order valence-electron chi connectivity index (χ1n) is 8.06. The summed E-state index contributed by atoms with van der Waals surface area (Å²) in [7, 11) is 1.85. The fourth-order valence-corrected chi connectivity index (χ4v) is 2.93. The molecule has 1 atom stereocenters. The Morgan fingerprint density at radius 2 is 2.17 bits per heavy atom. The minimum atomic E-state index is -0.111. The summed E-state index contributed by atoms with van der Waals surface area (Å²) in [5.41, 5.74) is 1.66. The van der Waals surface area contributed by atoms with Crippen LogP contribution in [0.25, 0.3) is 0 Å². The number of halogens is 1. The highest BCUT2D eigenvalue weighted by Crippen LogP contribution is 2.21. The van der Waals surface area contributed by atoms with E-state index in [9.17, 15) is 4.79 Å². The topological polar surface area (TPSA) is 59.4 Å². The molecule has 2 amide bonds. The molecule has 0 aliphatic carbocycles. The first-order valence-corrected chi connectivity index (χ1v) is 8.43. The quantitative estimate of drug-likeness (QED) is 0.922. The molecule has 2 heterocycles. The molecule has 2 aromatic rings. The summed E-state index contributed by atoms with van der Waals surface area (Å²) in [6.45, 7) is 3.26. The van der Waals surface area contributed by atoms with Gasteiger partial charge in [-0.3, -0.25) is 4.68 Å². The van der Waals surface area contributed by atoms with Crippen molar-refractivity contribution in [3.63, 3.8) is 0 Å². The molecule has 6 nitrogen and oxygen atoms in total. The fraction of sp³-hybridized carbons (Fsp3) is 0.412. The molecule has 1 aromatic carbocycles. The van der Waals surface area contributed by atoms with Crippen molar-refractivity contribution in [3.8, 4) is 5.75 Å². The predicted molar refractivity (Wildman–Crippen MR) is 93.7 cm³/mol. The second-order valence-electron chi connectivity index (χ2n) is 5.88. The smallest absolute Gasteiger partial charge is 0.322 e. The average molecular weight is 349 g/mol. The standard InChI is InChI=1S/C17H21ClN4O2/c1-3-15-16(11-21(2)20-15)19-17(23)22-9-8-14(10-22)24-13-6-4-12(18)5-7-13/h4-7,11,14H,3,8-10H2,1-2H3,(H,19,23)/t14-/m1/s1. The van der Waals surface area contributed by atoms with Gasteiger partial charge in [-0.2, -0.15) is 5.10 Å². The summed E-state index contributed by atoms with van der Waals surface area (Å²) < 4.78 is 7.63. The lowest BCUT2D eigenvalue weighted by atomic mass is 10.3. The highest BCUT2D eigenvalue weighted by Gasteiger charge is 2.28. The fourth-order valence-electron chi connectivity index (χ4n) is 2.81. The van der Waals surface area contributed by atoms with Crippen LogP contribution in [0.15, 0.2) is 30.5 Å². The largest absolute Gasteiger partial charge is 0.489 e. The second kappa shape index (κ2) is 7.13. The van der Waals surface area contributed by atoms with E-state index in [-0.39, 0.29) is 12.1 Å². The molecule has 1 aliphatic heterocycles. The molecule has 0 unspecified atom stereocenters. The number of rotatable bonds is 4. The van der Waals surface area contributed by atoms with E-state index in [2.05, 4.69) is 10.4 Å². The summed E-state index contributed by atoms with van der Waals surface area (Å²) >= 11 is 5.87. The number of aryl methyl sites for hydroxylation is 2. The number of ether oxygens (including phenoxy) is 1. The number of aromatic nitrogens is 2. The molecule has 7 heteroatoms. The predicted octanol–water partition coefficient (Wildman–Crippen LogP) is 3.32. The van der Waals surface area contributed by atoms with E-state index in [1.165, 1.54) is 0 Å². The van der Waals surface area contributed by atoms with Crippen LogP contribution in [0.2, 0.25) is 5.02 Å². The summed E-state index contributed by atoms with van der Waals surface area (Å²) in [5, 5.41) is 7.96. The van der Waals surface area contributed by atoms with Crippen LogP contribution in [-0.4, -0.2) is 39.9 Å². The number of hydrogen-bond acceptors (Lipinski definition) is 3. The third-order valence-electron chi connectivity index (χ3n) is 4.03. The van der Waals surface area contributed by atoms with Gasteiger partial charge in [-0.05, 0) is 30.7 Å². The molecule has 128 valence electrons. The zero-order chi connectivity index (χ0) is 17.1. The SMILES string of the molecule is CCc1nn(C)cc1NC(=O)N1CC[C@@H](Oc2ccc(Cl)cc2)C1. The van der Waals surface area contributed by atoms with E-state index >= 15 is 0 Å². The Labute approximate surface area is 146 Å². The number of nitrogens with zero attached hydrogens (tertiary/aromatic N) is 3. The highest BCUT2D eigenvalue weighted by molar-refractivity contribution is 6.30. The Hall–Kier alpha value is -2.21. The second-order valence-corrected chi connectivity index (χ2v) is 6.31. The van der Waals surface area contributed by atoms with Gasteiger partial charge in [0.1, 0.15) is 11.9 Å². The van der Waals surface area contributed by atoms with Crippen molar-refractivity contribution in [2.75, 3.05) is 18.4 Å². The van der Waals surface area contributed by atoms with Gasteiger partial charge in [0.25, 0.3) is 0 Å². The maximum absolute atomic E-state index is 12.4. The van der Waals surface area contributed by atoms with E-state index in [4.69, 9.17) is 16.3 Å². The van der Waals surface area contributed by atoms with Crippen LogP contribution in [0.4, 0.5) is 10.5 Å². The van der Waals surface area contributed by atoms with Crippen LogP contribution in [0.3, 0.4) is 0 Å². The monoisotopic (exact) mass is 348 g/mol. The first kappa shape index (κ1) is 16.6. The van der Waals surface area contributed by atoms with Crippen molar-refractivity contribution < 1.29 is 9.53 Å². The molecule has 0 saturated carbocycles. The number of carbonyl (C=O) groups excluding carboxylic acids is 1. The maximum atomic E-state index is 12.4. The van der Waals surface area contributed by atoms with E-state index < -0.39 is 0 Å². The number of carbonyl (C=O) groups is 1. The van der Waals surface area contributed by atoms with Gasteiger partial charge in [-0.1, -0.05) is 18.5 Å². The van der Waals surface area contributed by atoms with Gasteiger partial charge in [-0.25, -0.2) is 4.79 Å². The molecule has 0 spiro atoms. The van der Waals surface area contributed by atoms with Crippen LogP contribution in [0.5, 0.6) is 5.75 Å². The summed E-state index contributed by atoms with van der Waals surface area (Å²) in [5.74, 6) is 0.771. The Morgan fingerprint density at radius 1 is 1.42 bits per heavy atom. The van der Waals surface area contributed by atoms with Crippen molar-refractivity contribution in [2.45, 2.75) is 25.9 Å². The number of anilines is 1. The zero-order valence-electron chi connectivity index (χ0n) is 13.8. The zero-order valence-corrected chi connectivity index (χ0v) is 14.6. The lowest BCUT2D eigenvalue weighted by molar-refractivity contribution is 0.195. The van der Waals surface area contributed by atoms with Crippen LogP contribution < -0.4 is 10.1 Å². The number of amides is 2. The molecule has 1 saturated heterocycles. The minimum absolute atomic E-state index is 0.00327. The molecule has 1 aromatic heterocycles. The molecular formula is C17H21ClN4O2.